The lowest BCUT2D eigenvalue weighted by Crippen LogP contribution is -2.39. The Labute approximate surface area is 170 Å². The SMILES string of the molecule is CCNC(=NCc1cc(C#N)ccc1F)NCCOc1ccccc1.I. The molecule has 0 saturated carbocycles. The van der Waals surface area contributed by atoms with Crippen LogP contribution in [0.5, 0.6) is 5.75 Å². The second-order valence-electron chi connectivity index (χ2n) is 5.20. The molecular weight excluding hydrogens is 446 g/mol. The molecule has 138 valence electrons. The number of rotatable bonds is 7. The molecule has 0 unspecified atom stereocenters. The van der Waals surface area contributed by atoms with E-state index in [1.165, 1.54) is 18.2 Å². The molecule has 0 heterocycles. The Balaban J connectivity index is 0.00000338. The van der Waals surface area contributed by atoms with Gasteiger partial charge in [-0.25, -0.2) is 9.38 Å². The number of nitriles is 1. The predicted octanol–water partition coefficient (Wildman–Crippen LogP) is 3.45. The number of guanidine groups is 1. The molecule has 0 fully saturated rings. The van der Waals surface area contributed by atoms with Crippen LogP contribution in [-0.2, 0) is 6.54 Å². The second kappa shape index (κ2) is 12.1. The van der Waals surface area contributed by atoms with E-state index in [9.17, 15) is 4.39 Å². The van der Waals surface area contributed by atoms with E-state index in [-0.39, 0.29) is 36.3 Å². The Morgan fingerprint density at radius 2 is 1.96 bits per heavy atom. The molecule has 0 radical (unpaired) electrons. The summed E-state index contributed by atoms with van der Waals surface area (Å²) in [5, 5.41) is 15.1. The highest BCUT2D eigenvalue weighted by Crippen LogP contribution is 2.11. The van der Waals surface area contributed by atoms with Crippen molar-refractivity contribution in [1.29, 1.82) is 5.26 Å². The van der Waals surface area contributed by atoms with Crippen LogP contribution in [-0.4, -0.2) is 25.7 Å². The number of nitrogens with zero attached hydrogens (tertiary/aromatic N) is 2. The van der Waals surface area contributed by atoms with Gasteiger partial charge in [-0.2, -0.15) is 5.26 Å². The summed E-state index contributed by atoms with van der Waals surface area (Å²) >= 11 is 0. The van der Waals surface area contributed by atoms with Crippen molar-refractivity contribution in [2.24, 2.45) is 4.99 Å². The zero-order chi connectivity index (χ0) is 17.9. The van der Waals surface area contributed by atoms with Gasteiger partial charge < -0.3 is 15.4 Å². The molecule has 0 aliphatic heterocycles. The van der Waals surface area contributed by atoms with Gasteiger partial charge in [-0.1, -0.05) is 18.2 Å². The first-order chi connectivity index (χ1) is 12.2. The van der Waals surface area contributed by atoms with Crippen LogP contribution in [0, 0.1) is 17.1 Å². The molecule has 0 amide bonds. The molecule has 0 spiro atoms. The molecule has 0 aromatic heterocycles. The lowest BCUT2D eigenvalue weighted by molar-refractivity contribution is 0.322. The minimum atomic E-state index is -0.369. The summed E-state index contributed by atoms with van der Waals surface area (Å²) < 4.78 is 19.4. The fourth-order valence-electron chi connectivity index (χ4n) is 2.13. The standard InChI is InChI=1S/C19H21FN4O.HI/c1-2-22-19(23-10-11-25-17-6-4-3-5-7-17)24-14-16-12-15(13-21)8-9-18(16)20;/h3-9,12H,2,10-11,14H2,1H3,(H2,22,23,24);1H. The fraction of sp³-hybridized carbons (Fsp3) is 0.263. The predicted molar refractivity (Wildman–Crippen MR) is 111 cm³/mol. The van der Waals surface area contributed by atoms with Crippen LogP contribution in [0.15, 0.2) is 53.5 Å². The topological polar surface area (TPSA) is 69.4 Å². The summed E-state index contributed by atoms with van der Waals surface area (Å²) in [7, 11) is 0. The number of halogens is 2. The molecule has 0 saturated heterocycles. The van der Waals surface area contributed by atoms with Crippen LogP contribution >= 0.6 is 24.0 Å². The van der Waals surface area contributed by atoms with Crippen LogP contribution < -0.4 is 15.4 Å². The average Bonchev–Trinajstić information content (AvgIpc) is 2.65. The second-order valence-corrected chi connectivity index (χ2v) is 5.20. The van der Waals surface area contributed by atoms with E-state index in [2.05, 4.69) is 15.6 Å². The molecule has 7 heteroatoms. The molecule has 5 nitrogen and oxygen atoms in total. The third-order valence-corrected chi connectivity index (χ3v) is 3.33. The van der Waals surface area contributed by atoms with Gasteiger partial charge in [0.1, 0.15) is 18.2 Å². The van der Waals surface area contributed by atoms with E-state index in [1.807, 2.05) is 43.3 Å². The zero-order valence-corrected chi connectivity index (χ0v) is 16.9. The van der Waals surface area contributed by atoms with Crippen molar-refractivity contribution >= 4 is 29.9 Å². The summed E-state index contributed by atoms with van der Waals surface area (Å²) in [6, 6.07) is 15.8. The van der Waals surface area contributed by atoms with Gasteiger partial charge in [-0.05, 0) is 37.3 Å². The molecule has 26 heavy (non-hydrogen) atoms. The van der Waals surface area contributed by atoms with Crippen molar-refractivity contribution in [3.63, 3.8) is 0 Å². The van der Waals surface area contributed by atoms with Crippen molar-refractivity contribution in [1.82, 2.24) is 10.6 Å². The van der Waals surface area contributed by atoms with E-state index in [0.717, 1.165) is 5.75 Å². The first kappa shape index (κ1) is 21.7. The molecule has 0 bridgehead atoms. The van der Waals surface area contributed by atoms with E-state index >= 15 is 0 Å². The lowest BCUT2D eigenvalue weighted by Gasteiger charge is -2.12. The average molecular weight is 468 g/mol. The van der Waals surface area contributed by atoms with Crippen LogP contribution in [0.1, 0.15) is 18.1 Å². The van der Waals surface area contributed by atoms with Crippen LogP contribution in [0.3, 0.4) is 0 Å². The number of nitrogens with one attached hydrogen (secondary N) is 2. The summed E-state index contributed by atoms with van der Waals surface area (Å²) in [6.07, 6.45) is 0. The van der Waals surface area contributed by atoms with Gasteiger partial charge >= 0.3 is 0 Å². The van der Waals surface area contributed by atoms with Crippen LogP contribution in [0.2, 0.25) is 0 Å². The molecule has 2 aromatic rings. The van der Waals surface area contributed by atoms with Crippen molar-refractivity contribution in [2.75, 3.05) is 19.7 Å². The van der Waals surface area contributed by atoms with Crippen LogP contribution in [0.4, 0.5) is 4.39 Å². The number of ether oxygens (including phenoxy) is 1. The number of benzene rings is 2. The Bertz CT molecular complexity index is 747. The van der Waals surface area contributed by atoms with E-state index in [0.29, 0.717) is 36.8 Å². The van der Waals surface area contributed by atoms with Crippen molar-refractivity contribution in [2.45, 2.75) is 13.5 Å². The normalized spacial score (nSPS) is 10.4. The summed E-state index contributed by atoms with van der Waals surface area (Å²) in [6.45, 7) is 3.82. The molecule has 2 rings (SSSR count). The molecule has 0 atom stereocenters. The highest BCUT2D eigenvalue weighted by atomic mass is 127. The molecule has 2 aromatic carbocycles. The van der Waals surface area contributed by atoms with Gasteiger partial charge in [0.05, 0.1) is 24.7 Å². The van der Waals surface area contributed by atoms with Gasteiger partial charge in [0, 0.05) is 12.1 Å². The first-order valence-electron chi connectivity index (χ1n) is 8.11. The van der Waals surface area contributed by atoms with Gasteiger partial charge in [0.15, 0.2) is 5.96 Å². The van der Waals surface area contributed by atoms with E-state index < -0.39 is 0 Å². The third-order valence-electron chi connectivity index (χ3n) is 3.33. The smallest absolute Gasteiger partial charge is 0.191 e. The molecular formula is C19H22FIN4O. The van der Waals surface area contributed by atoms with Crippen molar-refractivity contribution in [3.05, 3.63) is 65.5 Å². The largest absolute Gasteiger partial charge is 0.492 e. The fourth-order valence-corrected chi connectivity index (χ4v) is 2.13. The lowest BCUT2D eigenvalue weighted by atomic mass is 10.1. The van der Waals surface area contributed by atoms with Crippen molar-refractivity contribution in [3.8, 4) is 11.8 Å². The summed E-state index contributed by atoms with van der Waals surface area (Å²) in [5.74, 6) is 1.01. The maximum atomic E-state index is 13.8. The van der Waals surface area contributed by atoms with Crippen molar-refractivity contribution < 1.29 is 9.13 Å². The molecule has 0 aliphatic carbocycles. The Hall–Kier alpha value is -2.34. The van der Waals surface area contributed by atoms with Gasteiger partial charge in [-0.15, -0.1) is 24.0 Å². The highest BCUT2D eigenvalue weighted by molar-refractivity contribution is 14.0. The maximum absolute atomic E-state index is 13.8. The minimum Gasteiger partial charge on any atom is -0.492 e. The van der Waals surface area contributed by atoms with Gasteiger partial charge in [0.25, 0.3) is 0 Å². The Morgan fingerprint density at radius 1 is 1.19 bits per heavy atom. The zero-order valence-electron chi connectivity index (χ0n) is 14.5. The minimum absolute atomic E-state index is 0. The summed E-state index contributed by atoms with van der Waals surface area (Å²) in [4.78, 5) is 4.35. The first-order valence-corrected chi connectivity index (χ1v) is 8.11. The van der Waals surface area contributed by atoms with Crippen LogP contribution in [0.25, 0.3) is 0 Å². The number of aliphatic imine (C=N–C) groups is 1. The number of para-hydroxylation sites is 1. The molecule has 2 N–H and O–H groups in total. The van der Waals surface area contributed by atoms with Gasteiger partial charge in [0.2, 0.25) is 0 Å². The molecule has 0 aliphatic rings. The quantitative estimate of drug-likeness (QED) is 0.283. The van der Waals surface area contributed by atoms with E-state index in [4.69, 9.17) is 10.00 Å². The monoisotopic (exact) mass is 468 g/mol. The number of hydrogen-bond acceptors (Lipinski definition) is 3. The highest BCUT2D eigenvalue weighted by Gasteiger charge is 2.04. The Kier molecular flexibility index (Phi) is 10.1. The maximum Gasteiger partial charge on any atom is 0.191 e. The Morgan fingerprint density at radius 3 is 2.65 bits per heavy atom. The van der Waals surface area contributed by atoms with E-state index in [1.54, 1.807) is 0 Å². The number of hydrogen-bond donors (Lipinski definition) is 2. The summed E-state index contributed by atoms with van der Waals surface area (Å²) in [5.41, 5.74) is 0.803. The third kappa shape index (κ3) is 7.27. The van der Waals surface area contributed by atoms with Gasteiger partial charge in [-0.3, -0.25) is 0 Å².